The van der Waals surface area contributed by atoms with E-state index in [2.05, 4.69) is 0 Å². The molecule has 0 aliphatic heterocycles. The highest BCUT2D eigenvalue weighted by molar-refractivity contribution is 6.31. The summed E-state index contributed by atoms with van der Waals surface area (Å²) in [6, 6.07) is 3.39. The Balaban J connectivity index is 3.35. The predicted molar refractivity (Wildman–Crippen MR) is 48.1 cm³/mol. The van der Waals surface area contributed by atoms with Gasteiger partial charge in [0.15, 0.2) is 6.29 Å². The molecule has 0 heterocycles. The standard InChI is InChI=1S/C9H9ClO2/c1-6-7(5-11)9(12-2)4-3-8(6)10/h3-5H,1-2H3. The highest BCUT2D eigenvalue weighted by Crippen LogP contribution is 2.26. The van der Waals surface area contributed by atoms with Crippen LogP contribution in [0.1, 0.15) is 15.9 Å². The Bertz CT molecular complexity index is 308. The van der Waals surface area contributed by atoms with Gasteiger partial charge in [0, 0.05) is 5.02 Å². The van der Waals surface area contributed by atoms with Crippen molar-refractivity contribution in [2.45, 2.75) is 6.92 Å². The van der Waals surface area contributed by atoms with Crippen molar-refractivity contribution in [3.63, 3.8) is 0 Å². The molecule has 0 aromatic heterocycles. The molecule has 0 radical (unpaired) electrons. The van der Waals surface area contributed by atoms with Crippen LogP contribution < -0.4 is 4.74 Å². The summed E-state index contributed by atoms with van der Waals surface area (Å²) in [5, 5.41) is 0.581. The number of halogens is 1. The zero-order chi connectivity index (χ0) is 9.14. The largest absolute Gasteiger partial charge is 0.496 e. The van der Waals surface area contributed by atoms with Gasteiger partial charge in [0.25, 0.3) is 0 Å². The minimum absolute atomic E-state index is 0.519. The molecule has 2 nitrogen and oxygen atoms in total. The molecule has 0 bridgehead atoms. The van der Waals surface area contributed by atoms with Gasteiger partial charge in [-0.15, -0.1) is 0 Å². The summed E-state index contributed by atoms with van der Waals surface area (Å²) in [6.45, 7) is 1.79. The second-order valence-electron chi connectivity index (χ2n) is 2.41. The van der Waals surface area contributed by atoms with Gasteiger partial charge in [-0.25, -0.2) is 0 Å². The van der Waals surface area contributed by atoms with Crippen LogP contribution >= 0.6 is 11.6 Å². The first-order chi connectivity index (χ1) is 5.70. The fourth-order valence-electron chi connectivity index (χ4n) is 1.00. The summed E-state index contributed by atoms with van der Waals surface area (Å²) >= 11 is 5.81. The monoisotopic (exact) mass is 184 g/mol. The summed E-state index contributed by atoms with van der Waals surface area (Å²) in [5.74, 6) is 0.562. The fourth-order valence-corrected chi connectivity index (χ4v) is 1.17. The van der Waals surface area contributed by atoms with E-state index in [9.17, 15) is 4.79 Å². The Morgan fingerprint density at radius 1 is 1.50 bits per heavy atom. The van der Waals surface area contributed by atoms with Crippen LogP contribution in [0, 0.1) is 6.92 Å². The Morgan fingerprint density at radius 3 is 2.67 bits per heavy atom. The normalized spacial score (nSPS) is 9.58. The first-order valence-corrected chi connectivity index (χ1v) is 3.86. The Kier molecular flexibility index (Phi) is 2.71. The van der Waals surface area contributed by atoms with E-state index in [4.69, 9.17) is 16.3 Å². The molecule has 0 fully saturated rings. The zero-order valence-corrected chi connectivity index (χ0v) is 7.68. The molecule has 0 saturated carbocycles. The van der Waals surface area contributed by atoms with Crippen LogP contribution in [-0.2, 0) is 0 Å². The molecule has 1 aromatic carbocycles. The van der Waals surface area contributed by atoms with Crippen molar-refractivity contribution in [1.29, 1.82) is 0 Å². The van der Waals surface area contributed by atoms with Crippen LogP contribution in [0.3, 0.4) is 0 Å². The first kappa shape index (κ1) is 9.07. The lowest BCUT2D eigenvalue weighted by molar-refractivity contribution is 0.112. The summed E-state index contributed by atoms with van der Waals surface area (Å²) < 4.78 is 4.98. The summed E-state index contributed by atoms with van der Waals surface area (Å²) in [7, 11) is 1.52. The number of aldehydes is 1. The van der Waals surface area contributed by atoms with Crippen LogP contribution in [0.15, 0.2) is 12.1 Å². The molecule has 1 rings (SSSR count). The van der Waals surface area contributed by atoms with Gasteiger partial charge in [0.2, 0.25) is 0 Å². The number of hydrogen-bond donors (Lipinski definition) is 0. The minimum atomic E-state index is 0.519. The van der Waals surface area contributed by atoms with Gasteiger partial charge in [0.1, 0.15) is 5.75 Å². The van der Waals surface area contributed by atoms with Crippen molar-refractivity contribution >= 4 is 17.9 Å². The van der Waals surface area contributed by atoms with Crippen LogP contribution in [-0.4, -0.2) is 13.4 Å². The second kappa shape index (κ2) is 3.59. The molecule has 64 valence electrons. The molecule has 0 N–H and O–H groups in total. The molecule has 0 aliphatic carbocycles. The number of rotatable bonds is 2. The molecule has 0 amide bonds. The number of benzene rings is 1. The quantitative estimate of drug-likeness (QED) is 0.660. The molecule has 12 heavy (non-hydrogen) atoms. The van der Waals surface area contributed by atoms with Gasteiger partial charge in [-0.2, -0.15) is 0 Å². The van der Waals surface area contributed by atoms with Crippen molar-refractivity contribution in [3.8, 4) is 5.75 Å². The lowest BCUT2D eigenvalue weighted by Gasteiger charge is -2.06. The molecule has 0 saturated heterocycles. The third-order valence-corrected chi connectivity index (χ3v) is 2.16. The van der Waals surface area contributed by atoms with E-state index >= 15 is 0 Å². The third kappa shape index (κ3) is 1.43. The number of ether oxygens (including phenoxy) is 1. The van der Waals surface area contributed by atoms with E-state index in [0.29, 0.717) is 16.3 Å². The van der Waals surface area contributed by atoms with Crippen molar-refractivity contribution in [3.05, 3.63) is 28.3 Å². The van der Waals surface area contributed by atoms with E-state index < -0.39 is 0 Å². The number of carbonyl (C=O) groups is 1. The first-order valence-electron chi connectivity index (χ1n) is 3.49. The molecular formula is C9H9ClO2. The summed E-state index contributed by atoms with van der Waals surface area (Å²) in [5.41, 5.74) is 1.27. The van der Waals surface area contributed by atoms with E-state index in [1.54, 1.807) is 19.1 Å². The highest BCUT2D eigenvalue weighted by Gasteiger charge is 2.07. The Labute approximate surface area is 76.1 Å². The van der Waals surface area contributed by atoms with Gasteiger partial charge in [0.05, 0.1) is 12.7 Å². The van der Waals surface area contributed by atoms with Crippen molar-refractivity contribution in [1.82, 2.24) is 0 Å². The molecule has 0 unspecified atom stereocenters. The van der Waals surface area contributed by atoms with E-state index in [0.717, 1.165) is 11.8 Å². The smallest absolute Gasteiger partial charge is 0.154 e. The molecule has 0 aliphatic rings. The molecule has 3 heteroatoms. The van der Waals surface area contributed by atoms with E-state index in [1.807, 2.05) is 0 Å². The third-order valence-electron chi connectivity index (χ3n) is 1.75. The van der Waals surface area contributed by atoms with Crippen LogP contribution in [0.2, 0.25) is 5.02 Å². The Hall–Kier alpha value is -1.02. The van der Waals surface area contributed by atoms with Gasteiger partial charge in [-0.1, -0.05) is 11.6 Å². The summed E-state index contributed by atoms with van der Waals surface area (Å²) in [4.78, 5) is 10.6. The van der Waals surface area contributed by atoms with Crippen molar-refractivity contribution < 1.29 is 9.53 Å². The fraction of sp³-hybridized carbons (Fsp3) is 0.222. The van der Waals surface area contributed by atoms with Crippen molar-refractivity contribution in [2.75, 3.05) is 7.11 Å². The van der Waals surface area contributed by atoms with Gasteiger partial charge < -0.3 is 4.74 Å². The van der Waals surface area contributed by atoms with Crippen LogP contribution in [0.5, 0.6) is 5.75 Å². The molecule has 0 atom stereocenters. The topological polar surface area (TPSA) is 26.3 Å². The maximum absolute atomic E-state index is 10.6. The SMILES string of the molecule is COc1ccc(Cl)c(C)c1C=O. The average Bonchev–Trinajstić information content (AvgIpc) is 2.09. The average molecular weight is 185 g/mol. The highest BCUT2D eigenvalue weighted by atomic mass is 35.5. The Morgan fingerprint density at radius 2 is 2.17 bits per heavy atom. The lowest BCUT2D eigenvalue weighted by Crippen LogP contribution is -1.93. The maximum atomic E-state index is 10.6. The van der Waals surface area contributed by atoms with Crippen LogP contribution in [0.25, 0.3) is 0 Å². The predicted octanol–water partition coefficient (Wildman–Crippen LogP) is 2.47. The molecule has 1 aromatic rings. The van der Waals surface area contributed by atoms with Crippen LogP contribution in [0.4, 0.5) is 0 Å². The van der Waals surface area contributed by atoms with Gasteiger partial charge in [-0.05, 0) is 24.6 Å². The minimum Gasteiger partial charge on any atom is -0.496 e. The van der Waals surface area contributed by atoms with E-state index in [1.165, 1.54) is 7.11 Å². The summed E-state index contributed by atoms with van der Waals surface area (Å²) in [6.07, 6.45) is 0.750. The number of carbonyl (C=O) groups excluding carboxylic acids is 1. The zero-order valence-electron chi connectivity index (χ0n) is 6.93. The molecular weight excluding hydrogens is 176 g/mol. The van der Waals surface area contributed by atoms with Crippen molar-refractivity contribution in [2.24, 2.45) is 0 Å². The lowest BCUT2D eigenvalue weighted by atomic mass is 10.1. The molecule has 0 spiro atoms. The van der Waals surface area contributed by atoms with E-state index in [-0.39, 0.29) is 0 Å². The van der Waals surface area contributed by atoms with Gasteiger partial charge >= 0.3 is 0 Å². The number of methoxy groups -OCH3 is 1. The van der Waals surface area contributed by atoms with Gasteiger partial charge in [-0.3, -0.25) is 4.79 Å². The number of hydrogen-bond acceptors (Lipinski definition) is 2. The maximum Gasteiger partial charge on any atom is 0.154 e. The second-order valence-corrected chi connectivity index (χ2v) is 2.81.